The van der Waals surface area contributed by atoms with E-state index in [1.165, 1.54) is 12.8 Å². The summed E-state index contributed by atoms with van der Waals surface area (Å²) in [6, 6.07) is 9.00. The summed E-state index contributed by atoms with van der Waals surface area (Å²) in [7, 11) is 2.29. The summed E-state index contributed by atoms with van der Waals surface area (Å²) in [5.41, 5.74) is 1.42. The number of nitriles is 1. The lowest BCUT2D eigenvalue weighted by molar-refractivity contribution is 0.0688. The molecule has 0 spiro atoms. The molecule has 1 aromatic heterocycles. The highest BCUT2D eigenvalue weighted by molar-refractivity contribution is 5.84. The number of nitrogens with one attached hydrogen (secondary N) is 1. The third-order valence-corrected chi connectivity index (χ3v) is 6.11. The average molecular weight is 365 g/mol. The van der Waals surface area contributed by atoms with Gasteiger partial charge in [-0.15, -0.1) is 0 Å². The first-order chi connectivity index (χ1) is 13.2. The third-order valence-electron chi connectivity index (χ3n) is 6.11. The summed E-state index contributed by atoms with van der Waals surface area (Å²) >= 11 is 0. The van der Waals surface area contributed by atoms with E-state index in [-0.39, 0.29) is 6.10 Å². The largest absolute Gasteiger partial charge is 0.474 e. The Morgan fingerprint density at radius 2 is 1.81 bits per heavy atom. The van der Waals surface area contributed by atoms with Crippen LogP contribution in [0.25, 0.3) is 10.9 Å². The molecular formula is C21H27N5O. The number of hydrogen-bond donors (Lipinski definition) is 1. The lowest BCUT2D eigenvalue weighted by Crippen LogP contribution is -2.47. The molecule has 27 heavy (non-hydrogen) atoms. The maximum atomic E-state index is 9.16. The minimum atomic E-state index is 0.187. The number of piperidine rings is 1. The molecule has 2 heterocycles. The molecule has 0 unspecified atom stereocenters. The molecule has 2 aliphatic rings. The summed E-state index contributed by atoms with van der Waals surface area (Å²) in [5.74, 6) is 0.604. The highest BCUT2D eigenvalue weighted by atomic mass is 16.5. The standard InChI is InChI=1S/C21H27N5O/c1-26(17-8-10-23-11-9-17)16-3-5-18(6-4-16)27-21-19-12-15(13-22)2-7-20(19)24-14-25-21/h2,7,12,14,16-18,23H,3-6,8-11H2,1H3/t16-,18-. The molecule has 0 amide bonds. The third kappa shape index (κ3) is 4.05. The van der Waals surface area contributed by atoms with Crippen LogP contribution in [0.5, 0.6) is 5.88 Å². The Kier molecular flexibility index (Phi) is 5.51. The fourth-order valence-electron chi connectivity index (χ4n) is 4.44. The van der Waals surface area contributed by atoms with Crippen LogP contribution in [0.3, 0.4) is 0 Å². The first-order valence-corrected chi connectivity index (χ1v) is 9.99. The van der Waals surface area contributed by atoms with Crippen LogP contribution in [-0.4, -0.2) is 53.2 Å². The maximum absolute atomic E-state index is 9.16. The highest BCUT2D eigenvalue weighted by Gasteiger charge is 2.29. The molecule has 1 aromatic carbocycles. The van der Waals surface area contributed by atoms with E-state index in [0.717, 1.165) is 49.7 Å². The van der Waals surface area contributed by atoms with Gasteiger partial charge in [0, 0.05) is 12.1 Å². The zero-order valence-electron chi connectivity index (χ0n) is 15.9. The lowest BCUT2D eigenvalue weighted by atomic mass is 9.90. The molecule has 1 saturated carbocycles. The molecule has 4 rings (SSSR count). The number of nitrogens with zero attached hydrogens (tertiary/aromatic N) is 4. The Bertz CT molecular complexity index is 819. The first kappa shape index (κ1) is 18.1. The summed E-state index contributed by atoms with van der Waals surface area (Å²) in [6.07, 6.45) is 8.65. The zero-order chi connectivity index (χ0) is 18.6. The van der Waals surface area contributed by atoms with Gasteiger partial charge < -0.3 is 15.0 Å². The minimum Gasteiger partial charge on any atom is -0.474 e. The predicted molar refractivity (Wildman–Crippen MR) is 105 cm³/mol. The number of fused-ring (bicyclic) bond motifs is 1. The van der Waals surface area contributed by atoms with Crippen LogP contribution in [-0.2, 0) is 0 Å². The van der Waals surface area contributed by atoms with Crippen molar-refractivity contribution in [2.45, 2.75) is 56.7 Å². The van der Waals surface area contributed by atoms with Gasteiger partial charge in [0.05, 0.1) is 22.5 Å². The van der Waals surface area contributed by atoms with Crippen molar-refractivity contribution >= 4 is 10.9 Å². The quantitative estimate of drug-likeness (QED) is 0.898. The van der Waals surface area contributed by atoms with Gasteiger partial charge in [-0.2, -0.15) is 5.26 Å². The van der Waals surface area contributed by atoms with Gasteiger partial charge in [-0.05, 0) is 76.9 Å². The second-order valence-electron chi connectivity index (χ2n) is 7.72. The van der Waals surface area contributed by atoms with Crippen molar-refractivity contribution in [2.75, 3.05) is 20.1 Å². The van der Waals surface area contributed by atoms with Crippen molar-refractivity contribution in [2.24, 2.45) is 0 Å². The Morgan fingerprint density at radius 3 is 2.56 bits per heavy atom. The van der Waals surface area contributed by atoms with Crippen LogP contribution in [0.15, 0.2) is 24.5 Å². The van der Waals surface area contributed by atoms with Crippen LogP contribution >= 0.6 is 0 Å². The Morgan fingerprint density at radius 1 is 1.07 bits per heavy atom. The van der Waals surface area contributed by atoms with Gasteiger partial charge in [0.2, 0.25) is 5.88 Å². The van der Waals surface area contributed by atoms with Crippen LogP contribution in [0, 0.1) is 11.3 Å². The molecule has 142 valence electrons. The fraction of sp³-hybridized carbons (Fsp3) is 0.571. The molecule has 1 aliphatic carbocycles. The fourth-order valence-corrected chi connectivity index (χ4v) is 4.44. The summed E-state index contributed by atoms with van der Waals surface area (Å²) in [5, 5.41) is 13.4. The van der Waals surface area contributed by atoms with E-state index >= 15 is 0 Å². The first-order valence-electron chi connectivity index (χ1n) is 9.99. The Balaban J connectivity index is 1.39. The van der Waals surface area contributed by atoms with Gasteiger partial charge in [0.15, 0.2) is 0 Å². The minimum absolute atomic E-state index is 0.187. The molecule has 1 N–H and O–H groups in total. The van der Waals surface area contributed by atoms with Crippen LogP contribution in [0.2, 0.25) is 0 Å². The number of rotatable bonds is 4. The summed E-state index contributed by atoms with van der Waals surface area (Å²) in [6.45, 7) is 2.28. The molecule has 1 saturated heterocycles. The number of ether oxygens (including phenoxy) is 1. The van der Waals surface area contributed by atoms with Gasteiger partial charge in [-0.25, -0.2) is 9.97 Å². The van der Waals surface area contributed by atoms with E-state index in [4.69, 9.17) is 10.00 Å². The Labute approximate surface area is 160 Å². The number of hydrogen-bond acceptors (Lipinski definition) is 6. The van der Waals surface area contributed by atoms with Gasteiger partial charge in [-0.1, -0.05) is 0 Å². The van der Waals surface area contributed by atoms with E-state index in [0.29, 0.717) is 23.5 Å². The summed E-state index contributed by atoms with van der Waals surface area (Å²) in [4.78, 5) is 11.2. The van der Waals surface area contributed by atoms with Crippen molar-refractivity contribution in [1.29, 1.82) is 5.26 Å². The van der Waals surface area contributed by atoms with Crippen molar-refractivity contribution in [3.63, 3.8) is 0 Å². The SMILES string of the molecule is CN(C1CCNCC1)[C@H]1CC[C@H](Oc2ncnc3ccc(C#N)cc23)CC1. The topological polar surface area (TPSA) is 74.1 Å². The molecule has 2 fully saturated rings. The van der Waals surface area contributed by atoms with Crippen molar-refractivity contribution in [3.05, 3.63) is 30.1 Å². The predicted octanol–water partition coefficient (Wildman–Crippen LogP) is 2.88. The second-order valence-corrected chi connectivity index (χ2v) is 7.72. The van der Waals surface area contributed by atoms with Crippen molar-refractivity contribution in [1.82, 2.24) is 20.2 Å². The van der Waals surface area contributed by atoms with E-state index in [2.05, 4.69) is 33.3 Å². The van der Waals surface area contributed by atoms with Crippen molar-refractivity contribution in [3.8, 4) is 11.9 Å². The lowest BCUT2D eigenvalue weighted by Gasteiger charge is -2.40. The van der Waals surface area contributed by atoms with E-state index in [1.54, 1.807) is 12.4 Å². The maximum Gasteiger partial charge on any atom is 0.224 e. The molecule has 2 aromatic rings. The molecule has 0 radical (unpaired) electrons. The molecule has 6 heteroatoms. The molecule has 0 atom stereocenters. The molecule has 1 aliphatic heterocycles. The Hall–Kier alpha value is -2.23. The van der Waals surface area contributed by atoms with Gasteiger partial charge in [0.25, 0.3) is 0 Å². The monoisotopic (exact) mass is 365 g/mol. The van der Waals surface area contributed by atoms with Crippen molar-refractivity contribution < 1.29 is 4.74 Å². The number of aromatic nitrogens is 2. The molecule has 6 nitrogen and oxygen atoms in total. The van der Waals surface area contributed by atoms with E-state index in [1.807, 2.05) is 12.1 Å². The average Bonchev–Trinajstić information content (AvgIpc) is 2.74. The van der Waals surface area contributed by atoms with Gasteiger partial charge >= 0.3 is 0 Å². The molecular weight excluding hydrogens is 338 g/mol. The summed E-state index contributed by atoms with van der Waals surface area (Å²) < 4.78 is 6.25. The van der Waals surface area contributed by atoms with Gasteiger partial charge in [-0.3, -0.25) is 0 Å². The van der Waals surface area contributed by atoms with Gasteiger partial charge in [0.1, 0.15) is 12.4 Å². The van der Waals surface area contributed by atoms with E-state index < -0.39 is 0 Å². The van der Waals surface area contributed by atoms with Crippen LogP contribution < -0.4 is 10.1 Å². The normalized spacial score (nSPS) is 24.0. The van der Waals surface area contributed by atoms with E-state index in [9.17, 15) is 0 Å². The smallest absolute Gasteiger partial charge is 0.224 e. The number of benzene rings is 1. The van der Waals surface area contributed by atoms with Crippen LogP contribution in [0.4, 0.5) is 0 Å². The zero-order valence-corrected chi connectivity index (χ0v) is 15.9. The highest BCUT2D eigenvalue weighted by Crippen LogP contribution is 2.30. The second kappa shape index (κ2) is 8.20. The van der Waals surface area contributed by atoms with Crippen LogP contribution in [0.1, 0.15) is 44.1 Å². The molecule has 0 bridgehead atoms.